The zero-order valence-corrected chi connectivity index (χ0v) is 6.99. The Morgan fingerprint density at radius 3 is 2.00 bits per heavy atom. The van der Waals surface area contributed by atoms with Crippen molar-refractivity contribution >= 4 is 11.8 Å². The fourth-order valence-corrected chi connectivity index (χ4v) is 2.85. The van der Waals surface area contributed by atoms with Gasteiger partial charge in [-0.2, -0.15) is 0 Å². The van der Waals surface area contributed by atoms with Crippen LogP contribution in [-0.2, 0) is 9.59 Å². The summed E-state index contributed by atoms with van der Waals surface area (Å²) < 4.78 is 0. The number of hydrogen-bond donors (Lipinski definition) is 1. The summed E-state index contributed by atoms with van der Waals surface area (Å²) in [6.45, 7) is 0. The Kier molecular flexibility index (Phi) is 1.12. The van der Waals surface area contributed by atoms with Gasteiger partial charge in [-0.1, -0.05) is 0 Å². The molecule has 0 saturated heterocycles. The van der Waals surface area contributed by atoms with Crippen LogP contribution in [0.1, 0.15) is 19.3 Å². The topological polar surface area (TPSA) is 57.6 Å². The smallest absolute Gasteiger partial charge is 0.278 e. The van der Waals surface area contributed by atoms with Gasteiger partial charge < -0.3 is 0 Å². The largest absolute Gasteiger partial charge is 0.281 e. The quantitative estimate of drug-likeness (QED) is 0.434. The highest BCUT2D eigenvalue weighted by atomic mass is 16.5. The molecule has 1 N–H and O–H groups in total. The van der Waals surface area contributed by atoms with Gasteiger partial charge in [-0.15, -0.1) is 5.06 Å². The van der Waals surface area contributed by atoms with E-state index in [9.17, 15) is 9.59 Å². The summed E-state index contributed by atoms with van der Waals surface area (Å²) >= 11 is 0. The highest BCUT2D eigenvalue weighted by Gasteiger charge is 2.52. The second kappa shape index (κ2) is 2.01. The molecule has 2 bridgehead atoms. The molecule has 2 unspecified atom stereocenters. The van der Waals surface area contributed by atoms with E-state index in [4.69, 9.17) is 5.21 Å². The molecule has 0 radical (unpaired) electrons. The number of hydrogen-bond acceptors (Lipinski definition) is 3. The van der Waals surface area contributed by atoms with Gasteiger partial charge in [-0.05, 0) is 31.1 Å². The fourth-order valence-electron chi connectivity index (χ4n) is 2.85. The molecule has 4 nitrogen and oxygen atoms in total. The Morgan fingerprint density at radius 2 is 1.54 bits per heavy atom. The maximum atomic E-state index is 11.4. The molecule has 2 atom stereocenters. The average Bonchev–Trinajstić information content (AvgIpc) is 2.76. The van der Waals surface area contributed by atoms with Gasteiger partial charge in [0.15, 0.2) is 0 Å². The fraction of sp³-hybridized carbons (Fsp3) is 0.556. The minimum atomic E-state index is -0.479. The van der Waals surface area contributed by atoms with Crippen molar-refractivity contribution in [2.45, 2.75) is 19.3 Å². The van der Waals surface area contributed by atoms with Gasteiger partial charge in [-0.3, -0.25) is 14.8 Å². The summed E-state index contributed by atoms with van der Waals surface area (Å²) in [5, 5.41) is 9.40. The van der Waals surface area contributed by atoms with E-state index in [0.29, 0.717) is 11.1 Å². The molecule has 4 heteroatoms. The first-order valence-electron chi connectivity index (χ1n) is 4.52. The molecule has 3 aliphatic rings. The van der Waals surface area contributed by atoms with Crippen molar-refractivity contribution in [3.8, 4) is 0 Å². The van der Waals surface area contributed by atoms with Crippen molar-refractivity contribution in [3.05, 3.63) is 11.1 Å². The van der Waals surface area contributed by atoms with E-state index in [1.807, 2.05) is 0 Å². The van der Waals surface area contributed by atoms with Crippen molar-refractivity contribution < 1.29 is 14.8 Å². The lowest BCUT2D eigenvalue weighted by molar-refractivity contribution is -0.170. The maximum absolute atomic E-state index is 11.4. The molecule has 3 rings (SSSR count). The van der Waals surface area contributed by atoms with Crippen molar-refractivity contribution in [2.75, 3.05) is 0 Å². The maximum Gasteiger partial charge on any atom is 0.281 e. The second-order valence-electron chi connectivity index (χ2n) is 3.96. The van der Waals surface area contributed by atoms with Gasteiger partial charge in [0, 0.05) is 11.1 Å². The van der Waals surface area contributed by atoms with Crippen molar-refractivity contribution in [3.63, 3.8) is 0 Å². The zero-order valence-electron chi connectivity index (χ0n) is 6.99. The van der Waals surface area contributed by atoms with E-state index in [2.05, 4.69) is 0 Å². The first-order chi connectivity index (χ1) is 6.20. The molecule has 2 amide bonds. The number of fused-ring (bicyclic) bond motifs is 4. The summed E-state index contributed by atoms with van der Waals surface area (Å²) in [7, 11) is 0. The Labute approximate surface area is 74.8 Å². The predicted molar refractivity (Wildman–Crippen MR) is 41.5 cm³/mol. The van der Waals surface area contributed by atoms with Gasteiger partial charge in [0.25, 0.3) is 11.8 Å². The van der Waals surface area contributed by atoms with E-state index < -0.39 is 11.8 Å². The summed E-state index contributed by atoms with van der Waals surface area (Å²) in [5.74, 6) is -0.471. The van der Waals surface area contributed by atoms with Crippen LogP contribution in [0.5, 0.6) is 0 Å². The lowest BCUT2D eigenvalue weighted by Gasteiger charge is -2.09. The van der Waals surface area contributed by atoms with Gasteiger partial charge in [0.1, 0.15) is 0 Å². The number of nitrogens with zero attached hydrogens (tertiary/aromatic N) is 1. The van der Waals surface area contributed by atoms with Crippen LogP contribution in [0.15, 0.2) is 11.1 Å². The molecular weight excluding hydrogens is 170 g/mol. The first kappa shape index (κ1) is 7.26. The van der Waals surface area contributed by atoms with E-state index in [1.165, 1.54) is 0 Å². The summed E-state index contributed by atoms with van der Waals surface area (Å²) in [6.07, 6.45) is 2.93. The minimum Gasteiger partial charge on any atom is -0.278 e. The molecule has 2 aliphatic carbocycles. The van der Waals surface area contributed by atoms with Gasteiger partial charge >= 0.3 is 0 Å². The van der Waals surface area contributed by atoms with Crippen LogP contribution in [0, 0.1) is 11.8 Å². The number of carbonyl (C=O) groups excluding carboxylic acids is 2. The SMILES string of the molecule is O=C1C2=C(C(=O)N1O)C1CCC2C1. The van der Waals surface area contributed by atoms with E-state index >= 15 is 0 Å². The zero-order chi connectivity index (χ0) is 9.16. The summed E-state index contributed by atoms with van der Waals surface area (Å²) in [6, 6.07) is 0. The third kappa shape index (κ3) is 0.659. The molecule has 13 heavy (non-hydrogen) atoms. The lowest BCUT2D eigenvalue weighted by Crippen LogP contribution is -2.29. The van der Waals surface area contributed by atoms with Gasteiger partial charge in [0.05, 0.1) is 0 Å². The number of carbonyl (C=O) groups is 2. The molecule has 1 heterocycles. The van der Waals surface area contributed by atoms with Crippen LogP contribution in [0.4, 0.5) is 0 Å². The average molecular weight is 179 g/mol. The predicted octanol–water partition coefficient (Wildman–Crippen LogP) is 0.471. The van der Waals surface area contributed by atoms with Gasteiger partial charge in [0.2, 0.25) is 0 Å². The number of hydroxylamine groups is 2. The summed E-state index contributed by atoms with van der Waals surface area (Å²) in [5.41, 5.74) is 1.20. The van der Waals surface area contributed by atoms with Crippen LogP contribution in [-0.4, -0.2) is 22.1 Å². The van der Waals surface area contributed by atoms with Crippen LogP contribution < -0.4 is 0 Å². The van der Waals surface area contributed by atoms with Crippen LogP contribution in [0.25, 0.3) is 0 Å². The summed E-state index contributed by atoms with van der Waals surface area (Å²) in [4.78, 5) is 22.8. The van der Waals surface area contributed by atoms with Crippen LogP contribution in [0.2, 0.25) is 0 Å². The van der Waals surface area contributed by atoms with E-state index in [0.717, 1.165) is 19.3 Å². The van der Waals surface area contributed by atoms with Crippen molar-refractivity contribution in [1.29, 1.82) is 0 Å². The molecule has 0 aromatic rings. The first-order valence-corrected chi connectivity index (χ1v) is 4.52. The molecule has 1 aliphatic heterocycles. The molecule has 0 spiro atoms. The Morgan fingerprint density at radius 1 is 1.08 bits per heavy atom. The van der Waals surface area contributed by atoms with Crippen molar-refractivity contribution in [1.82, 2.24) is 5.06 Å². The normalized spacial score (nSPS) is 36.5. The van der Waals surface area contributed by atoms with Crippen molar-refractivity contribution in [2.24, 2.45) is 11.8 Å². The Hall–Kier alpha value is -1.16. The molecule has 1 saturated carbocycles. The number of imide groups is 1. The highest BCUT2D eigenvalue weighted by molar-refractivity contribution is 6.19. The Balaban J connectivity index is 2.15. The highest BCUT2D eigenvalue weighted by Crippen LogP contribution is 2.51. The molecule has 0 aromatic carbocycles. The third-order valence-corrected chi connectivity index (χ3v) is 3.38. The molecule has 1 fully saturated rings. The molecule has 68 valence electrons. The van der Waals surface area contributed by atoms with Gasteiger partial charge in [-0.25, -0.2) is 0 Å². The standard InChI is InChI=1S/C9H9NO3/c11-8-6-4-1-2-5(3-4)7(6)9(12)10(8)13/h4-5,13H,1-3H2. The second-order valence-corrected chi connectivity index (χ2v) is 3.96. The minimum absolute atomic E-state index is 0.244. The van der Waals surface area contributed by atoms with E-state index in [-0.39, 0.29) is 16.9 Å². The molecule has 0 aromatic heterocycles. The number of rotatable bonds is 0. The Bertz CT molecular complexity index is 326. The number of amides is 2. The third-order valence-electron chi connectivity index (χ3n) is 3.38. The lowest BCUT2D eigenvalue weighted by atomic mass is 9.93. The van der Waals surface area contributed by atoms with E-state index in [1.54, 1.807) is 0 Å². The van der Waals surface area contributed by atoms with Crippen LogP contribution >= 0.6 is 0 Å². The monoisotopic (exact) mass is 179 g/mol. The molecular formula is C9H9NO3. The van der Waals surface area contributed by atoms with Crippen LogP contribution in [0.3, 0.4) is 0 Å².